The van der Waals surface area contributed by atoms with E-state index in [0.29, 0.717) is 12.8 Å². The summed E-state index contributed by atoms with van der Waals surface area (Å²) in [5.41, 5.74) is 0. The standard InChI is InChI=1S/C13H26N2O2/c1-14-10-6-2-3-7-11-15-13(17)9-5-4-8-12-16/h12,14H,2-11H2,1H3,(H,15,17). The predicted molar refractivity (Wildman–Crippen MR) is 69.9 cm³/mol. The molecule has 0 rings (SSSR count). The topological polar surface area (TPSA) is 58.2 Å². The molecule has 0 unspecified atom stereocenters. The van der Waals surface area contributed by atoms with Gasteiger partial charge >= 0.3 is 0 Å². The minimum Gasteiger partial charge on any atom is -0.356 e. The second-order valence-corrected chi connectivity index (χ2v) is 4.28. The Bertz CT molecular complexity index is 196. The first-order valence-corrected chi connectivity index (χ1v) is 6.66. The van der Waals surface area contributed by atoms with Gasteiger partial charge in [0.1, 0.15) is 6.29 Å². The molecule has 0 aliphatic rings. The Morgan fingerprint density at radius 2 is 1.71 bits per heavy atom. The molecule has 4 heteroatoms. The molecule has 1 amide bonds. The van der Waals surface area contributed by atoms with Crippen LogP contribution in [0.25, 0.3) is 0 Å². The molecular weight excluding hydrogens is 216 g/mol. The van der Waals surface area contributed by atoms with E-state index >= 15 is 0 Å². The highest BCUT2D eigenvalue weighted by atomic mass is 16.1. The summed E-state index contributed by atoms with van der Waals surface area (Å²) in [6.45, 7) is 1.86. The third-order valence-corrected chi connectivity index (χ3v) is 2.65. The van der Waals surface area contributed by atoms with Crippen LogP contribution in [0.3, 0.4) is 0 Å². The maximum absolute atomic E-state index is 11.3. The van der Waals surface area contributed by atoms with E-state index in [2.05, 4.69) is 10.6 Å². The van der Waals surface area contributed by atoms with Crippen molar-refractivity contribution in [1.82, 2.24) is 10.6 Å². The Morgan fingerprint density at radius 1 is 1.00 bits per heavy atom. The van der Waals surface area contributed by atoms with Gasteiger partial charge in [-0.1, -0.05) is 12.8 Å². The molecule has 0 radical (unpaired) electrons. The average molecular weight is 242 g/mol. The minimum atomic E-state index is 0.117. The number of carbonyl (C=O) groups is 2. The van der Waals surface area contributed by atoms with Crippen molar-refractivity contribution in [3.63, 3.8) is 0 Å². The van der Waals surface area contributed by atoms with Gasteiger partial charge < -0.3 is 15.4 Å². The van der Waals surface area contributed by atoms with E-state index < -0.39 is 0 Å². The third kappa shape index (κ3) is 13.0. The van der Waals surface area contributed by atoms with E-state index in [4.69, 9.17) is 0 Å². The van der Waals surface area contributed by atoms with Gasteiger partial charge in [0.15, 0.2) is 0 Å². The summed E-state index contributed by atoms with van der Waals surface area (Å²) in [5, 5.41) is 6.02. The molecule has 0 aromatic heterocycles. The number of hydrogen-bond acceptors (Lipinski definition) is 3. The number of rotatable bonds is 12. The van der Waals surface area contributed by atoms with Crippen LogP contribution in [0.2, 0.25) is 0 Å². The quantitative estimate of drug-likeness (QED) is 0.404. The molecule has 17 heavy (non-hydrogen) atoms. The van der Waals surface area contributed by atoms with E-state index in [-0.39, 0.29) is 5.91 Å². The van der Waals surface area contributed by atoms with Crippen molar-refractivity contribution in [2.45, 2.75) is 51.4 Å². The highest BCUT2D eigenvalue weighted by molar-refractivity contribution is 5.75. The lowest BCUT2D eigenvalue weighted by molar-refractivity contribution is -0.121. The summed E-state index contributed by atoms with van der Waals surface area (Å²) < 4.78 is 0. The predicted octanol–water partition coefficient (Wildman–Crippen LogP) is 1.64. The lowest BCUT2D eigenvalue weighted by Crippen LogP contribution is -2.24. The molecule has 0 aliphatic carbocycles. The van der Waals surface area contributed by atoms with Gasteiger partial charge in [0, 0.05) is 19.4 Å². The van der Waals surface area contributed by atoms with Crippen molar-refractivity contribution < 1.29 is 9.59 Å². The van der Waals surface area contributed by atoms with Gasteiger partial charge in [0.05, 0.1) is 0 Å². The van der Waals surface area contributed by atoms with Crippen molar-refractivity contribution in [3.8, 4) is 0 Å². The summed E-state index contributed by atoms with van der Waals surface area (Å²) in [6.07, 6.45) is 8.31. The van der Waals surface area contributed by atoms with Crippen LogP contribution in [-0.2, 0) is 9.59 Å². The summed E-state index contributed by atoms with van der Waals surface area (Å²) in [4.78, 5) is 21.4. The first-order chi connectivity index (χ1) is 8.31. The molecule has 0 heterocycles. The Hall–Kier alpha value is -0.900. The first-order valence-electron chi connectivity index (χ1n) is 6.66. The average Bonchev–Trinajstić information content (AvgIpc) is 2.33. The van der Waals surface area contributed by atoms with Crippen molar-refractivity contribution in [3.05, 3.63) is 0 Å². The maximum atomic E-state index is 11.3. The van der Waals surface area contributed by atoms with E-state index in [1.807, 2.05) is 7.05 Å². The van der Waals surface area contributed by atoms with E-state index in [1.54, 1.807) is 0 Å². The van der Waals surface area contributed by atoms with E-state index in [0.717, 1.165) is 38.6 Å². The molecule has 0 aromatic rings. The summed E-state index contributed by atoms with van der Waals surface area (Å²) in [7, 11) is 1.96. The summed E-state index contributed by atoms with van der Waals surface area (Å²) in [6, 6.07) is 0. The zero-order valence-corrected chi connectivity index (χ0v) is 11.0. The number of carbonyl (C=O) groups excluding carboxylic acids is 2. The van der Waals surface area contributed by atoms with Crippen LogP contribution >= 0.6 is 0 Å². The molecule has 0 saturated carbocycles. The highest BCUT2D eigenvalue weighted by Crippen LogP contribution is 1.99. The van der Waals surface area contributed by atoms with Crippen LogP contribution < -0.4 is 10.6 Å². The highest BCUT2D eigenvalue weighted by Gasteiger charge is 1.99. The zero-order chi connectivity index (χ0) is 12.8. The lowest BCUT2D eigenvalue weighted by Gasteiger charge is -2.04. The molecule has 0 bridgehead atoms. The molecule has 4 nitrogen and oxygen atoms in total. The van der Waals surface area contributed by atoms with Crippen molar-refractivity contribution in [2.24, 2.45) is 0 Å². The minimum absolute atomic E-state index is 0.117. The lowest BCUT2D eigenvalue weighted by atomic mass is 10.2. The van der Waals surface area contributed by atoms with Gasteiger partial charge in [-0.25, -0.2) is 0 Å². The molecule has 0 saturated heterocycles. The van der Waals surface area contributed by atoms with Gasteiger partial charge in [-0.05, 0) is 39.3 Å². The number of nitrogens with one attached hydrogen (secondary N) is 2. The molecule has 0 fully saturated rings. The van der Waals surface area contributed by atoms with Gasteiger partial charge in [-0.15, -0.1) is 0 Å². The smallest absolute Gasteiger partial charge is 0.219 e. The van der Waals surface area contributed by atoms with Crippen molar-refractivity contribution in [1.29, 1.82) is 0 Å². The molecule has 0 aromatic carbocycles. The van der Waals surface area contributed by atoms with Crippen LogP contribution in [-0.4, -0.2) is 32.3 Å². The summed E-state index contributed by atoms with van der Waals surface area (Å²) >= 11 is 0. The van der Waals surface area contributed by atoms with Gasteiger partial charge in [0.2, 0.25) is 5.91 Å². The van der Waals surface area contributed by atoms with E-state index in [1.165, 1.54) is 19.3 Å². The molecule has 0 aliphatic heterocycles. The molecular formula is C13H26N2O2. The van der Waals surface area contributed by atoms with Gasteiger partial charge in [-0.2, -0.15) is 0 Å². The number of aldehydes is 1. The number of unbranched alkanes of at least 4 members (excludes halogenated alkanes) is 5. The van der Waals surface area contributed by atoms with Crippen molar-refractivity contribution in [2.75, 3.05) is 20.1 Å². The number of amides is 1. The van der Waals surface area contributed by atoms with Gasteiger partial charge in [-0.3, -0.25) is 4.79 Å². The SMILES string of the molecule is CNCCCCCCNC(=O)CCCCC=O. The summed E-state index contributed by atoms with van der Waals surface area (Å²) in [5.74, 6) is 0.117. The second kappa shape index (κ2) is 13.2. The molecule has 2 N–H and O–H groups in total. The Balaban J connectivity index is 3.13. The normalized spacial score (nSPS) is 10.2. The van der Waals surface area contributed by atoms with E-state index in [9.17, 15) is 9.59 Å². The Morgan fingerprint density at radius 3 is 2.35 bits per heavy atom. The monoisotopic (exact) mass is 242 g/mol. The fourth-order valence-corrected chi connectivity index (χ4v) is 1.61. The van der Waals surface area contributed by atoms with Crippen LogP contribution in [0, 0.1) is 0 Å². The second-order valence-electron chi connectivity index (χ2n) is 4.28. The molecule has 100 valence electrons. The fourth-order valence-electron chi connectivity index (χ4n) is 1.61. The first kappa shape index (κ1) is 16.1. The largest absolute Gasteiger partial charge is 0.356 e. The maximum Gasteiger partial charge on any atom is 0.219 e. The van der Waals surface area contributed by atoms with Gasteiger partial charge in [0.25, 0.3) is 0 Å². The zero-order valence-electron chi connectivity index (χ0n) is 11.0. The van der Waals surface area contributed by atoms with Crippen LogP contribution in [0.15, 0.2) is 0 Å². The van der Waals surface area contributed by atoms with Crippen LogP contribution in [0.1, 0.15) is 51.4 Å². The van der Waals surface area contributed by atoms with Crippen LogP contribution in [0.4, 0.5) is 0 Å². The Kier molecular flexibility index (Phi) is 12.5. The molecule has 0 spiro atoms. The number of hydrogen-bond donors (Lipinski definition) is 2. The third-order valence-electron chi connectivity index (χ3n) is 2.65. The Labute approximate surface area is 105 Å². The molecule has 0 atom stereocenters. The van der Waals surface area contributed by atoms with Crippen molar-refractivity contribution >= 4 is 12.2 Å². The fraction of sp³-hybridized carbons (Fsp3) is 0.846. The van der Waals surface area contributed by atoms with Crippen LogP contribution in [0.5, 0.6) is 0 Å².